The second kappa shape index (κ2) is 8.00. The van der Waals surface area contributed by atoms with E-state index < -0.39 is 23.3 Å². The van der Waals surface area contributed by atoms with E-state index in [-0.39, 0.29) is 27.7 Å². The topological polar surface area (TPSA) is 72.0 Å². The Morgan fingerprint density at radius 2 is 1.97 bits per heavy atom. The van der Waals surface area contributed by atoms with Crippen LogP contribution in [0.1, 0.15) is 39.1 Å². The molecule has 5 nitrogen and oxygen atoms in total. The Morgan fingerprint density at radius 3 is 2.55 bits per heavy atom. The first-order valence-electron chi connectivity index (χ1n) is 8.37. The van der Waals surface area contributed by atoms with Crippen LogP contribution in [-0.4, -0.2) is 22.5 Å². The zero-order chi connectivity index (χ0) is 21.3. The Bertz CT molecular complexity index is 1160. The zero-order valence-electron chi connectivity index (χ0n) is 15.2. The standard InChI is InChI=1S/C19H14ClF3N2O3S/c1-3-28-18(27)14-9(2)13-16(26)24-15(25-17(13)29-14)12(20)8-10-4-6-11(7-5-10)19(21,22)23/h4-8H,3H2,1-2H3,(H,24,25,26)/b12-8-. The number of thiophene rings is 1. The van der Waals surface area contributed by atoms with Gasteiger partial charge in [-0.1, -0.05) is 23.7 Å². The minimum absolute atomic E-state index is 0.0347. The number of fused-ring (bicyclic) bond motifs is 1. The molecule has 1 N–H and O–H groups in total. The zero-order valence-corrected chi connectivity index (χ0v) is 16.8. The summed E-state index contributed by atoms with van der Waals surface area (Å²) < 4.78 is 43.0. The third kappa shape index (κ3) is 4.35. The summed E-state index contributed by atoms with van der Waals surface area (Å²) in [6.07, 6.45) is -3.05. The second-order valence-electron chi connectivity index (χ2n) is 5.98. The normalized spacial score (nSPS) is 12.4. The van der Waals surface area contributed by atoms with Crippen LogP contribution in [-0.2, 0) is 10.9 Å². The average molecular weight is 443 g/mol. The summed E-state index contributed by atoms with van der Waals surface area (Å²) in [5.41, 5.74) is -0.389. The van der Waals surface area contributed by atoms with Crippen LogP contribution in [0.3, 0.4) is 0 Å². The van der Waals surface area contributed by atoms with E-state index in [0.717, 1.165) is 23.5 Å². The molecule has 152 valence electrons. The summed E-state index contributed by atoms with van der Waals surface area (Å²) >= 11 is 7.23. The van der Waals surface area contributed by atoms with Crippen molar-refractivity contribution >= 4 is 50.2 Å². The highest BCUT2D eigenvalue weighted by molar-refractivity contribution is 7.20. The van der Waals surface area contributed by atoms with Gasteiger partial charge in [0, 0.05) is 0 Å². The lowest BCUT2D eigenvalue weighted by Gasteiger charge is -2.06. The number of nitrogens with one attached hydrogen (secondary N) is 1. The number of hydrogen-bond donors (Lipinski definition) is 1. The number of ether oxygens (including phenoxy) is 1. The van der Waals surface area contributed by atoms with Gasteiger partial charge in [-0.2, -0.15) is 13.2 Å². The number of aromatic nitrogens is 2. The fraction of sp³-hybridized carbons (Fsp3) is 0.211. The molecule has 1 aromatic carbocycles. The maximum absolute atomic E-state index is 12.7. The first-order chi connectivity index (χ1) is 13.6. The number of halogens is 4. The monoisotopic (exact) mass is 442 g/mol. The van der Waals surface area contributed by atoms with Crippen LogP contribution < -0.4 is 5.56 Å². The van der Waals surface area contributed by atoms with E-state index >= 15 is 0 Å². The minimum Gasteiger partial charge on any atom is -0.462 e. The molecule has 0 bridgehead atoms. The Hall–Kier alpha value is -2.65. The van der Waals surface area contributed by atoms with Gasteiger partial charge in [-0.15, -0.1) is 11.3 Å². The second-order valence-corrected chi connectivity index (χ2v) is 7.39. The van der Waals surface area contributed by atoms with Crippen LogP contribution in [0.2, 0.25) is 0 Å². The molecule has 0 spiro atoms. The number of esters is 1. The minimum atomic E-state index is -4.43. The predicted octanol–water partition coefficient (Wildman–Crippen LogP) is 5.23. The molecule has 29 heavy (non-hydrogen) atoms. The Labute approximate surface area is 171 Å². The van der Waals surface area contributed by atoms with Gasteiger partial charge < -0.3 is 9.72 Å². The molecule has 0 saturated heterocycles. The number of hydrogen-bond acceptors (Lipinski definition) is 5. The quantitative estimate of drug-likeness (QED) is 0.562. The van der Waals surface area contributed by atoms with Crippen molar-refractivity contribution in [3.05, 3.63) is 62.0 Å². The molecule has 0 fully saturated rings. The van der Waals surface area contributed by atoms with Crippen molar-refractivity contribution in [3.63, 3.8) is 0 Å². The first-order valence-corrected chi connectivity index (χ1v) is 9.56. The molecule has 0 aliphatic heterocycles. The largest absolute Gasteiger partial charge is 0.462 e. The van der Waals surface area contributed by atoms with Crippen LogP contribution >= 0.6 is 22.9 Å². The van der Waals surface area contributed by atoms with E-state index in [1.54, 1.807) is 13.8 Å². The van der Waals surface area contributed by atoms with Gasteiger partial charge in [-0.05, 0) is 43.2 Å². The van der Waals surface area contributed by atoms with Crippen LogP contribution in [0.15, 0.2) is 29.1 Å². The van der Waals surface area contributed by atoms with Gasteiger partial charge >= 0.3 is 12.1 Å². The number of H-pyrrole nitrogens is 1. The van der Waals surface area contributed by atoms with Crippen molar-refractivity contribution in [1.82, 2.24) is 9.97 Å². The van der Waals surface area contributed by atoms with Gasteiger partial charge in [0.1, 0.15) is 9.71 Å². The molecule has 0 saturated carbocycles. The van der Waals surface area contributed by atoms with Crippen molar-refractivity contribution < 1.29 is 22.7 Å². The summed E-state index contributed by atoms with van der Waals surface area (Å²) in [5, 5.41) is 0.299. The fourth-order valence-corrected chi connectivity index (χ4v) is 3.92. The van der Waals surface area contributed by atoms with E-state index in [9.17, 15) is 22.8 Å². The van der Waals surface area contributed by atoms with E-state index in [4.69, 9.17) is 16.3 Å². The summed E-state index contributed by atoms with van der Waals surface area (Å²) in [6, 6.07) is 4.39. The number of benzene rings is 1. The van der Waals surface area contributed by atoms with E-state index in [2.05, 4.69) is 9.97 Å². The van der Waals surface area contributed by atoms with Crippen LogP contribution in [0.4, 0.5) is 13.2 Å². The van der Waals surface area contributed by atoms with Crippen molar-refractivity contribution in [3.8, 4) is 0 Å². The van der Waals surface area contributed by atoms with Crippen LogP contribution in [0.5, 0.6) is 0 Å². The van der Waals surface area contributed by atoms with Crippen molar-refractivity contribution in [2.75, 3.05) is 6.61 Å². The molecule has 0 aliphatic rings. The van der Waals surface area contributed by atoms with E-state index in [1.165, 1.54) is 18.2 Å². The maximum Gasteiger partial charge on any atom is 0.416 e. The van der Waals surface area contributed by atoms with Crippen LogP contribution in [0, 0.1) is 6.92 Å². The SMILES string of the molecule is CCOC(=O)c1sc2nc(/C(Cl)=C/c3ccc(C(F)(F)F)cc3)[nH]c(=O)c2c1C. The molecule has 0 amide bonds. The Kier molecular flexibility index (Phi) is 5.81. The number of carbonyl (C=O) groups is 1. The number of nitrogens with zero attached hydrogens (tertiary/aromatic N) is 1. The van der Waals surface area contributed by atoms with Gasteiger partial charge in [0.2, 0.25) is 0 Å². The molecular weight excluding hydrogens is 429 g/mol. The van der Waals surface area contributed by atoms with E-state index in [1.807, 2.05) is 0 Å². The molecule has 3 aromatic rings. The highest BCUT2D eigenvalue weighted by atomic mass is 35.5. The number of alkyl halides is 3. The van der Waals surface area contributed by atoms with Gasteiger partial charge in [-0.25, -0.2) is 9.78 Å². The van der Waals surface area contributed by atoms with Gasteiger partial charge in [-0.3, -0.25) is 4.79 Å². The molecular formula is C19H14ClF3N2O3S. The summed E-state index contributed by atoms with van der Waals surface area (Å²) in [6.45, 7) is 3.50. The Balaban J connectivity index is 2.00. The molecule has 2 heterocycles. The summed E-state index contributed by atoms with van der Waals surface area (Å²) in [4.78, 5) is 31.9. The smallest absolute Gasteiger partial charge is 0.416 e. The highest BCUT2D eigenvalue weighted by Crippen LogP contribution is 2.31. The summed E-state index contributed by atoms with van der Waals surface area (Å²) in [5.74, 6) is -0.499. The lowest BCUT2D eigenvalue weighted by molar-refractivity contribution is -0.137. The maximum atomic E-state index is 12.7. The number of aryl methyl sites for hydroxylation is 1. The average Bonchev–Trinajstić information content (AvgIpc) is 2.99. The fourth-order valence-electron chi connectivity index (χ4n) is 2.63. The van der Waals surface area contributed by atoms with Gasteiger partial charge in [0.25, 0.3) is 5.56 Å². The lowest BCUT2D eigenvalue weighted by atomic mass is 10.1. The predicted molar refractivity (Wildman–Crippen MR) is 106 cm³/mol. The van der Waals surface area contributed by atoms with E-state index in [0.29, 0.717) is 16.0 Å². The third-order valence-electron chi connectivity index (χ3n) is 4.02. The molecule has 10 heteroatoms. The van der Waals surface area contributed by atoms with Crippen LogP contribution in [0.25, 0.3) is 21.3 Å². The van der Waals surface area contributed by atoms with Crippen molar-refractivity contribution in [2.45, 2.75) is 20.0 Å². The molecule has 0 unspecified atom stereocenters. The molecule has 3 rings (SSSR count). The lowest BCUT2D eigenvalue weighted by Crippen LogP contribution is -2.11. The van der Waals surface area contributed by atoms with Crippen molar-refractivity contribution in [2.24, 2.45) is 0 Å². The summed E-state index contributed by atoms with van der Waals surface area (Å²) in [7, 11) is 0. The highest BCUT2D eigenvalue weighted by Gasteiger charge is 2.29. The molecule has 0 aliphatic carbocycles. The van der Waals surface area contributed by atoms with Gasteiger partial charge in [0.05, 0.1) is 22.6 Å². The first kappa shape index (κ1) is 21.1. The molecule has 2 aromatic heterocycles. The Morgan fingerprint density at radius 1 is 1.31 bits per heavy atom. The third-order valence-corrected chi connectivity index (χ3v) is 5.47. The van der Waals surface area contributed by atoms with Gasteiger partial charge in [0.15, 0.2) is 5.82 Å². The molecule has 0 radical (unpaired) electrons. The number of carbonyl (C=O) groups excluding carboxylic acids is 1. The molecule has 0 atom stereocenters. The number of aromatic amines is 1. The van der Waals surface area contributed by atoms with Crippen molar-refractivity contribution in [1.29, 1.82) is 0 Å². The number of rotatable bonds is 4.